The number of carbonyl (C=O) groups is 1. The van der Waals surface area contributed by atoms with Crippen LogP contribution >= 0.6 is 0 Å². The molecule has 544 valence electrons. The van der Waals surface area contributed by atoms with E-state index in [-0.39, 0.29) is 18.9 Å². The Kier molecular flexibility index (Phi) is 59.2. The summed E-state index contributed by atoms with van der Waals surface area (Å²) in [5, 5.41) is 87.6. The fraction of sp³-hybridized carbons (Fsp3) is 0.936. The van der Waals surface area contributed by atoms with E-state index in [0.717, 1.165) is 32.1 Å². The van der Waals surface area contributed by atoms with Gasteiger partial charge in [-0.2, -0.15) is 0 Å². The van der Waals surface area contributed by atoms with E-state index in [2.05, 4.69) is 31.3 Å². The van der Waals surface area contributed by atoms with Crippen LogP contribution in [0.25, 0.3) is 0 Å². The van der Waals surface area contributed by atoms with E-state index in [0.29, 0.717) is 12.8 Å². The lowest BCUT2D eigenvalue weighted by molar-refractivity contribution is -0.359. The van der Waals surface area contributed by atoms with Gasteiger partial charge in [0.25, 0.3) is 0 Å². The van der Waals surface area contributed by atoms with Gasteiger partial charge in [0.1, 0.15) is 48.8 Å². The lowest BCUT2D eigenvalue weighted by Crippen LogP contribution is -2.65. The molecule has 0 aromatic carbocycles. The second kappa shape index (κ2) is 63.0. The number of ether oxygens (including phenoxy) is 4. The Bertz CT molecular complexity index is 1640. The molecule has 0 radical (unpaired) electrons. The largest absolute Gasteiger partial charge is 0.394 e. The average molecular weight is 1310 g/mol. The molecular formula is C78H149NO13. The Morgan fingerprint density at radius 1 is 0.380 bits per heavy atom. The molecule has 12 unspecified atom stereocenters. The molecular weight excluding hydrogens is 1160 g/mol. The topological polar surface area (TPSA) is 228 Å². The van der Waals surface area contributed by atoms with Gasteiger partial charge in [0.05, 0.1) is 32.0 Å². The molecule has 0 bridgehead atoms. The van der Waals surface area contributed by atoms with Crippen LogP contribution in [-0.4, -0.2) is 140 Å². The highest BCUT2D eigenvalue weighted by Gasteiger charge is 2.51. The summed E-state index contributed by atoms with van der Waals surface area (Å²) >= 11 is 0. The van der Waals surface area contributed by atoms with Crippen molar-refractivity contribution in [3.63, 3.8) is 0 Å². The van der Waals surface area contributed by atoms with Gasteiger partial charge in [-0.1, -0.05) is 359 Å². The minimum atomic E-state index is -1.79. The van der Waals surface area contributed by atoms with Crippen molar-refractivity contribution in [2.24, 2.45) is 0 Å². The van der Waals surface area contributed by atoms with Crippen molar-refractivity contribution in [1.82, 2.24) is 5.32 Å². The molecule has 92 heavy (non-hydrogen) atoms. The van der Waals surface area contributed by atoms with Crippen molar-refractivity contribution in [2.45, 2.75) is 447 Å². The number of rotatable bonds is 67. The van der Waals surface area contributed by atoms with Crippen molar-refractivity contribution in [3.8, 4) is 0 Å². The minimum Gasteiger partial charge on any atom is -0.394 e. The average Bonchev–Trinajstić information content (AvgIpc) is 0.850. The van der Waals surface area contributed by atoms with E-state index < -0.39 is 86.8 Å². The van der Waals surface area contributed by atoms with Crippen molar-refractivity contribution in [2.75, 3.05) is 19.8 Å². The molecule has 14 heteroatoms. The normalized spacial score (nSPS) is 22.7. The quantitative estimate of drug-likeness (QED) is 0.0204. The highest BCUT2D eigenvalue weighted by molar-refractivity contribution is 5.76. The molecule has 0 aromatic heterocycles. The van der Waals surface area contributed by atoms with Crippen LogP contribution in [0.15, 0.2) is 24.3 Å². The standard InChI is InChI=1S/C78H149NO13/c1-3-5-7-9-11-13-15-17-19-21-23-25-27-29-31-32-33-34-36-37-39-41-43-45-47-49-51-53-55-57-59-61-67(82)66(65-89-77-75(88)73(86)76(69(64-81)91-77)92-78-74(87)72(85)71(84)68(63-80)90-78)79-70(83)62-60-58-56-54-52-50-48-46-44-42-40-38-35-30-28-26-24-22-20-18-16-14-12-10-8-6-4-2/h51,53,59,61,66-69,71-78,80-82,84-88H,3-50,52,54-58,60,62-65H2,1-2H3,(H,79,83)/b53-51+,61-59+. The van der Waals surface area contributed by atoms with Crippen LogP contribution in [0.5, 0.6) is 0 Å². The van der Waals surface area contributed by atoms with Crippen LogP contribution in [0, 0.1) is 0 Å². The third kappa shape index (κ3) is 45.9. The second-order valence-electron chi connectivity index (χ2n) is 28.2. The Morgan fingerprint density at radius 3 is 1.07 bits per heavy atom. The monoisotopic (exact) mass is 1310 g/mol. The lowest BCUT2D eigenvalue weighted by Gasteiger charge is -2.46. The number of nitrogens with one attached hydrogen (secondary N) is 1. The number of hydrogen-bond acceptors (Lipinski definition) is 13. The lowest BCUT2D eigenvalue weighted by atomic mass is 9.97. The van der Waals surface area contributed by atoms with E-state index in [4.69, 9.17) is 18.9 Å². The number of aliphatic hydroxyl groups excluding tert-OH is 8. The molecule has 0 spiro atoms. The molecule has 0 aromatic rings. The van der Waals surface area contributed by atoms with Crippen LogP contribution in [0.1, 0.15) is 373 Å². The third-order valence-corrected chi connectivity index (χ3v) is 19.6. The van der Waals surface area contributed by atoms with Crippen molar-refractivity contribution < 1.29 is 64.6 Å². The van der Waals surface area contributed by atoms with Crippen LogP contribution in [0.4, 0.5) is 0 Å². The van der Waals surface area contributed by atoms with Crippen LogP contribution in [-0.2, 0) is 23.7 Å². The highest BCUT2D eigenvalue weighted by atomic mass is 16.7. The van der Waals surface area contributed by atoms with E-state index in [1.165, 1.54) is 308 Å². The maximum atomic E-state index is 13.4. The van der Waals surface area contributed by atoms with Gasteiger partial charge in [0.15, 0.2) is 12.6 Å². The summed E-state index contributed by atoms with van der Waals surface area (Å²) in [6, 6.07) is -0.930. The van der Waals surface area contributed by atoms with E-state index in [1.54, 1.807) is 6.08 Å². The molecule has 2 rings (SSSR count). The van der Waals surface area contributed by atoms with Gasteiger partial charge in [-0.25, -0.2) is 0 Å². The molecule has 0 saturated carbocycles. The number of hydrogen-bond donors (Lipinski definition) is 9. The molecule has 14 nitrogen and oxygen atoms in total. The fourth-order valence-electron chi connectivity index (χ4n) is 13.4. The highest BCUT2D eigenvalue weighted by Crippen LogP contribution is 2.30. The van der Waals surface area contributed by atoms with Gasteiger partial charge < -0.3 is 65.1 Å². The first-order valence-electron chi connectivity index (χ1n) is 39.6. The van der Waals surface area contributed by atoms with Gasteiger partial charge in [0, 0.05) is 6.42 Å². The Labute approximate surface area is 564 Å². The minimum absolute atomic E-state index is 0.240. The van der Waals surface area contributed by atoms with Crippen LogP contribution in [0.3, 0.4) is 0 Å². The molecule has 2 aliphatic rings. The maximum Gasteiger partial charge on any atom is 0.220 e. The molecule has 2 aliphatic heterocycles. The second-order valence-corrected chi connectivity index (χ2v) is 28.2. The van der Waals surface area contributed by atoms with Crippen molar-refractivity contribution in [3.05, 3.63) is 24.3 Å². The van der Waals surface area contributed by atoms with Crippen molar-refractivity contribution in [1.29, 1.82) is 0 Å². The predicted molar refractivity (Wildman–Crippen MR) is 378 cm³/mol. The summed E-state index contributed by atoms with van der Waals surface area (Å²) in [4.78, 5) is 13.4. The predicted octanol–water partition coefficient (Wildman–Crippen LogP) is 17.5. The number of allylic oxidation sites excluding steroid dienone is 3. The van der Waals surface area contributed by atoms with Crippen LogP contribution < -0.4 is 5.32 Å². The van der Waals surface area contributed by atoms with E-state index in [9.17, 15) is 45.6 Å². The summed E-state index contributed by atoms with van der Waals surface area (Å²) in [6.07, 6.45) is 64.1. The zero-order valence-corrected chi connectivity index (χ0v) is 59.6. The molecule has 2 saturated heterocycles. The molecule has 0 aliphatic carbocycles. The van der Waals surface area contributed by atoms with E-state index in [1.807, 2.05) is 6.08 Å². The Balaban J connectivity index is 1.64. The van der Waals surface area contributed by atoms with Gasteiger partial charge in [-0.3, -0.25) is 4.79 Å². The van der Waals surface area contributed by atoms with Crippen molar-refractivity contribution >= 4 is 5.91 Å². The third-order valence-electron chi connectivity index (χ3n) is 19.6. The molecule has 2 heterocycles. The Hall–Kier alpha value is -1.53. The molecule has 12 atom stereocenters. The molecule has 2 fully saturated rings. The maximum absolute atomic E-state index is 13.4. The summed E-state index contributed by atoms with van der Waals surface area (Å²) in [6.45, 7) is 2.86. The first-order valence-corrected chi connectivity index (χ1v) is 39.6. The zero-order chi connectivity index (χ0) is 66.6. The number of carbonyl (C=O) groups excluding carboxylic acids is 1. The summed E-state index contributed by atoms with van der Waals surface area (Å²) < 4.78 is 22.9. The smallest absolute Gasteiger partial charge is 0.220 e. The summed E-state index contributed by atoms with van der Waals surface area (Å²) in [5.74, 6) is -0.240. The number of aliphatic hydroxyl groups is 8. The van der Waals surface area contributed by atoms with Gasteiger partial charge in [-0.05, 0) is 32.1 Å². The van der Waals surface area contributed by atoms with Gasteiger partial charge in [-0.15, -0.1) is 0 Å². The van der Waals surface area contributed by atoms with E-state index >= 15 is 0 Å². The fourth-order valence-corrected chi connectivity index (χ4v) is 13.4. The summed E-state index contributed by atoms with van der Waals surface area (Å²) in [5.41, 5.74) is 0. The number of unbranched alkanes of at least 4 members (excludes halogenated alkanes) is 52. The SMILES string of the molecule is CCCCCCCCCCCCCCCCCCCCCCCCCCC/C=C/CC/C=C/C(O)C(COC1OC(CO)C(OC2OC(CO)C(O)C(O)C2O)C(O)C1O)NC(=O)CCCCCCCCCCCCCCCCCCCCCCCCCCCCC. The first kappa shape index (κ1) is 86.6. The summed E-state index contributed by atoms with van der Waals surface area (Å²) in [7, 11) is 0. The number of amides is 1. The Morgan fingerprint density at radius 2 is 0.696 bits per heavy atom. The molecule has 9 N–H and O–H groups in total. The zero-order valence-electron chi connectivity index (χ0n) is 59.6. The van der Waals surface area contributed by atoms with Gasteiger partial charge in [0.2, 0.25) is 5.91 Å². The van der Waals surface area contributed by atoms with Crippen LogP contribution in [0.2, 0.25) is 0 Å². The van der Waals surface area contributed by atoms with Gasteiger partial charge >= 0.3 is 0 Å². The molecule has 1 amide bonds. The first-order chi connectivity index (χ1) is 45.1.